The summed E-state index contributed by atoms with van der Waals surface area (Å²) in [5.41, 5.74) is 0.682. The molecule has 0 radical (unpaired) electrons. The van der Waals surface area contributed by atoms with Gasteiger partial charge in [0, 0.05) is 42.4 Å². The van der Waals surface area contributed by atoms with Crippen molar-refractivity contribution in [1.82, 2.24) is 15.5 Å². The highest BCUT2D eigenvalue weighted by Gasteiger charge is 2.24. The first-order valence-corrected chi connectivity index (χ1v) is 11.3. The molecule has 0 spiro atoms. The van der Waals surface area contributed by atoms with Crippen LogP contribution in [0.4, 0.5) is 0 Å². The summed E-state index contributed by atoms with van der Waals surface area (Å²) in [6, 6.07) is 19.9. The number of likely N-dealkylation sites (tertiary alicyclic amines) is 1. The first-order valence-electron chi connectivity index (χ1n) is 10.3. The largest absolute Gasteiger partial charge is 0.357 e. The lowest BCUT2D eigenvalue weighted by Crippen LogP contribution is -2.40. The number of nitrogens with one attached hydrogen (secondary N) is 2. The van der Waals surface area contributed by atoms with Crippen molar-refractivity contribution in [2.75, 3.05) is 38.5 Å². The molecule has 0 aliphatic carbocycles. The van der Waals surface area contributed by atoms with Gasteiger partial charge < -0.3 is 15.5 Å². The maximum absolute atomic E-state index is 12.1. The first kappa shape index (κ1) is 21.2. The van der Waals surface area contributed by atoms with E-state index in [1.165, 1.54) is 11.3 Å². The summed E-state index contributed by atoms with van der Waals surface area (Å²) < 4.78 is 0. The van der Waals surface area contributed by atoms with Crippen molar-refractivity contribution in [1.29, 1.82) is 0 Å². The molecular weight excluding hydrogens is 380 g/mol. The van der Waals surface area contributed by atoms with Crippen LogP contribution in [-0.2, 0) is 0 Å². The predicted octanol–water partition coefficient (Wildman–Crippen LogP) is 3.50. The maximum Gasteiger partial charge on any atom is 0.251 e. The Labute approximate surface area is 178 Å². The van der Waals surface area contributed by atoms with Crippen molar-refractivity contribution in [3.8, 4) is 0 Å². The Hall–Kier alpha value is -2.47. The van der Waals surface area contributed by atoms with Crippen LogP contribution in [0.2, 0.25) is 0 Å². The number of guanidine groups is 1. The molecule has 1 saturated heterocycles. The second-order valence-corrected chi connectivity index (χ2v) is 8.18. The van der Waals surface area contributed by atoms with Crippen molar-refractivity contribution >= 4 is 23.6 Å². The number of nitrogens with zero attached hydrogens (tertiary/aromatic N) is 2. The van der Waals surface area contributed by atoms with Crippen molar-refractivity contribution in [3.63, 3.8) is 0 Å². The Morgan fingerprint density at radius 3 is 2.55 bits per heavy atom. The number of hydrogen-bond donors (Lipinski definition) is 2. The van der Waals surface area contributed by atoms with Crippen LogP contribution in [0.15, 0.2) is 70.6 Å². The molecule has 0 saturated carbocycles. The number of aliphatic imine (C=N–C) groups is 1. The van der Waals surface area contributed by atoms with Crippen LogP contribution in [-0.4, -0.2) is 55.2 Å². The Morgan fingerprint density at radius 2 is 1.83 bits per heavy atom. The average molecular weight is 411 g/mol. The van der Waals surface area contributed by atoms with Crippen molar-refractivity contribution in [2.24, 2.45) is 10.9 Å². The lowest BCUT2D eigenvalue weighted by Gasteiger charge is -2.21. The van der Waals surface area contributed by atoms with Gasteiger partial charge in [-0.3, -0.25) is 9.79 Å². The molecule has 1 amide bonds. The lowest BCUT2D eigenvalue weighted by molar-refractivity contribution is 0.0955. The Morgan fingerprint density at radius 1 is 1.10 bits per heavy atom. The van der Waals surface area contributed by atoms with Gasteiger partial charge in [0.25, 0.3) is 5.91 Å². The van der Waals surface area contributed by atoms with Crippen molar-refractivity contribution < 1.29 is 4.79 Å². The highest BCUT2D eigenvalue weighted by molar-refractivity contribution is 7.99. The molecule has 0 bridgehead atoms. The molecule has 1 heterocycles. The second-order valence-electron chi connectivity index (χ2n) is 7.08. The smallest absolute Gasteiger partial charge is 0.251 e. The van der Waals surface area contributed by atoms with Gasteiger partial charge in [-0.15, -0.1) is 11.8 Å². The van der Waals surface area contributed by atoms with Gasteiger partial charge in [-0.1, -0.05) is 36.4 Å². The van der Waals surface area contributed by atoms with Crippen LogP contribution in [0, 0.1) is 5.92 Å². The summed E-state index contributed by atoms with van der Waals surface area (Å²) in [7, 11) is 0. The van der Waals surface area contributed by atoms with E-state index in [-0.39, 0.29) is 5.91 Å². The molecule has 1 fully saturated rings. The summed E-state index contributed by atoms with van der Waals surface area (Å²) in [6.07, 6.45) is 1.19. The molecule has 1 aliphatic rings. The van der Waals surface area contributed by atoms with Crippen LogP contribution in [0.3, 0.4) is 0 Å². The van der Waals surface area contributed by atoms with E-state index >= 15 is 0 Å². The fourth-order valence-electron chi connectivity index (χ4n) is 3.34. The Kier molecular flexibility index (Phi) is 8.43. The quantitative estimate of drug-likeness (QED) is 0.303. The minimum absolute atomic E-state index is 0.0509. The normalized spacial score (nSPS) is 16.7. The van der Waals surface area contributed by atoms with Gasteiger partial charge in [0.05, 0.1) is 6.54 Å². The highest BCUT2D eigenvalue weighted by atomic mass is 32.2. The topological polar surface area (TPSA) is 56.7 Å². The number of thioether (sulfide) groups is 1. The summed E-state index contributed by atoms with van der Waals surface area (Å²) in [5.74, 6) is 2.70. The third kappa shape index (κ3) is 6.82. The fourth-order valence-corrected chi connectivity index (χ4v) is 4.39. The van der Waals surface area contributed by atoms with Gasteiger partial charge in [-0.25, -0.2) is 0 Å². The zero-order chi connectivity index (χ0) is 20.3. The van der Waals surface area contributed by atoms with Gasteiger partial charge >= 0.3 is 0 Å². The van der Waals surface area contributed by atoms with Crippen LogP contribution in [0.5, 0.6) is 0 Å². The van der Waals surface area contributed by atoms with Crippen LogP contribution < -0.4 is 10.6 Å². The number of hydrogen-bond acceptors (Lipinski definition) is 3. The molecule has 0 aromatic heterocycles. The number of carbonyl (C=O) groups is 1. The highest BCUT2D eigenvalue weighted by Crippen LogP contribution is 2.25. The van der Waals surface area contributed by atoms with E-state index in [0.29, 0.717) is 24.6 Å². The fraction of sp³-hybridized carbons (Fsp3) is 0.391. The van der Waals surface area contributed by atoms with Crippen LogP contribution in [0.1, 0.15) is 23.7 Å². The molecule has 1 aliphatic heterocycles. The number of rotatable bonds is 8. The number of amides is 1. The van der Waals surface area contributed by atoms with E-state index in [1.807, 2.05) is 42.1 Å². The van der Waals surface area contributed by atoms with E-state index in [9.17, 15) is 4.79 Å². The molecule has 154 valence electrons. The summed E-state index contributed by atoms with van der Waals surface area (Å²) in [6.45, 7) is 6.09. The second kappa shape index (κ2) is 11.5. The summed E-state index contributed by atoms with van der Waals surface area (Å²) >= 11 is 1.93. The predicted molar refractivity (Wildman–Crippen MR) is 122 cm³/mol. The maximum atomic E-state index is 12.1. The summed E-state index contributed by atoms with van der Waals surface area (Å²) in [5, 5.41) is 6.33. The number of carbonyl (C=O) groups excluding carboxylic acids is 1. The molecule has 1 unspecified atom stereocenters. The summed E-state index contributed by atoms with van der Waals surface area (Å²) in [4.78, 5) is 20.5. The van der Waals surface area contributed by atoms with E-state index in [1.54, 1.807) is 0 Å². The molecule has 2 aromatic rings. The molecule has 1 atom stereocenters. The Balaban J connectivity index is 1.44. The average Bonchev–Trinajstić information content (AvgIpc) is 3.24. The molecule has 2 N–H and O–H groups in total. The molecular formula is C23H30N4OS. The van der Waals surface area contributed by atoms with Gasteiger partial charge in [0.1, 0.15) is 0 Å². The van der Waals surface area contributed by atoms with Crippen LogP contribution in [0.25, 0.3) is 0 Å². The molecule has 29 heavy (non-hydrogen) atoms. The van der Waals surface area contributed by atoms with E-state index in [0.717, 1.165) is 31.3 Å². The van der Waals surface area contributed by atoms with E-state index in [4.69, 9.17) is 4.99 Å². The van der Waals surface area contributed by atoms with Gasteiger partial charge in [0.15, 0.2) is 5.96 Å². The molecule has 5 nitrogen and oxygen atoms in total. The molecule has 6 heteroatoms. The minimum Gasteiger partial charge on any atom is -0.357 e. The van der Waals surface area contributed by atoms with E-state index in [2.05, 4.69) is 52.8 Å². The Bertz CT molecular complexity index is 782. The first-order chi connectivity index (χ1) is 14.3. The third-order valence-corrected chi connectivity index (χ3v) is 6.09. The van der Waals surface area contributed by atoms with Crippen molar-refractivity contribution in [2.45, 2.75) is 18.2 Å². The lowest BCUT2D eigenvalue weighted by atomic mass is 10.2. The minimum atomic E-state index is -0.0509. The monoisotopic (exact) mass is 410 g/mol. The van der Waals surface area contributed by atoms with E-state index < -0.39 is 0 Å². The third-order valence-electron chi connectivity index (χ3n) is 4.84. The number of benzene rings is 2. The van der Waals surface area contributed by atoms with Gasteiger partial charge in [0.2, 0.25) is 0 Å². The van der Waals surface area contributed by atoms with Gasteiger partial charge in [-0.05, 0) is 43.5 Å². The molecule has 2 aromatic carbocycles. The molecule has 3 rings (SSSR count). The van der Waals surface area contributed by atoms with Crippen molar-refractivity contribution in [3.05, 3.63) is 66.2 Å². The van der Waals surface area contributed by atoms with Crippen LogP contribution >= 0.6 is 11.8 Å². The zero-order valence-electron chi connectivity index (χ0n) is 17.0. The standard InChI is InChI=1S/C23H30N4OS/c1-2-24-23(26-15-14-25-22(28)20-9-5-3-6-10-20)27-16-13-19(17-27)18-29-21-11-7-4-8-12-21/h3-12,19H,2,13-18H2,1H3,(H,24,26)(H,25,28). The van der Waals surface area contributed by atoms with Gasteiger partial charge in [-0.2, -0.15) is 0 Å². The SMILES string of the molecule is CCNC(=NCCNC(=O)c1ccccc1)N1CCC(CSc2ccccc2)C1. The zero-order valence-corrected chi connectivity index (χ0v) is 17.8.